The molecule has 3 N–H and O–H groups in total. The number of rotatable bonds is 14. The van der Waals surface area contributed by atoms with Gasteiger partial charge in [-0.15, -0.1) is 0 Å². The number of pyridine rings is 1. The van der Waals surface area contributed by atoms with Crippen LogP contribution in [0.2, 0.25) is 10.0 Å². The van der Waals surface area contributed by atoms with Gasteiger partial charge in [-0.25, -0.2) is 15.0 Å². The predicted molar refractivity (Wildman–Crippen MR) is 180 cm³/mol. The van der Waals surface area contributed by atoms with Gasteiger partial charge in [0.25, 0.3) is 0 Å². The maximum absolute atomic E-state index is 12.0. The number of anilines is 2. The number of benzene rings is 1. The summed E-state index contributed by atoms with van der Waals surface area (Å²) in [4.78, 5) is 28.9. The number of carbonyl (C=O) groups excluding carboxylic acids is 1. The summed E-state index contributed by atoms with van der Waals surface area (Å²) in [6.07, 6.45) is 6.98. The second-order valence-electron chi connectivity index (χ2n) is 11.3. The van der Waals surface area contributed by atoms with E-state index in [1.54, 1.807) is 19.4 Å². The maximum Gasteiger partial charge on any atom is 0.243 e. The van der Waals surface area contributed by atoms with E-state index in [1.807, 2.05) is 6.07 Å². The van der Waals surface area contributed by atoms with Crippen molar-refractivity contribution in [2.24, 2.45) is 0 Å². The van der Waals surface area contributed by atoms with E-state index in [0.29, 0.717) is 82.4 Å². The molecule has 0 bridgehead atoms. The Bertz CT molecular complexity index is 1520. The lowest BCUT2D eigenvalue weighted by Gasteiger charge is -2.32. The highest BCUT2D eigenvalue weighted by Crippen LogP contribution is 2.46. The molecule has 0 radical (unpaired) electrons. The molecule has 0 aliphatic carbocycles. The Morgan fingerprint density at radius 2 is 1.89 bits per heavy atom. The number of aromatic nitrogens is 3. The third kappa shape index (κ3) is 7.92. The van der Waals surface area contributed by atoms with Crippen LogP contribution in [0.5, 0.6) is 11.5 Å². The third-order valence-corrected chi connectivity index (χ3v) is 9.09. The van der Waals surface area contributed by atoms with Gasteiger partial charge < -0.3 is 39.8 Å². The third-order valence-electron chi connectivity index (χ3n) is 8.34. The molecule has 2 saturated heterocycles. The first-order chi connectivity index (χ1) is 22.3. The van der Waals surface area contributed by atoms with Gasteiger partial charge in [0.05, 0.1) is 54.8 Å². The van der Waals surface area contributed by atoms with Crippen molar-refractivity contribution in [3.8, 4) is 22.8 Å². The average molecular weight is 675 g/mol. The lowest BCUT2D eigenvalue weighted by atomic mass is 10.0. The first kappa shape index (κ1) is 33.9. The van der Waals surface area contributed by atoms with Gasteiger partial charge in [0.15, 0.2) is 5.82 Å². The van der Waals surface area contributed by atoms with Gasteiger partial charge in [0.1, 0.15) is 17.0 Å². The molecule has 5 rings (SSSR count). The number of amides is 1. The van der Waals surface area contributed by atoms with Crippen molar-refractivity contribution in [3.63, 3.8) is 0 Å². The highest BCUT2D eigenvalue weighted by Gasteiger charge is 2.28. The number of nitrogens with one attached hydrogen (secondary N) is 3. The van der Waals surface area contributed by atoms with E-state index in [9.17, 15) is 4.79 Å². The molecule has 1 amide bonds. The smallest absolute Gasteiger partial charge is 0.243 e. The van der Waals surface area contributed by atoms with Gasteiger partial charge >= 0.3 is 0 Å². The van der Waals surface area contributed by atoms with Crippen LogP contribution in [0, 0.1) is 0 Å². The molecule has 12 nitrogen and oxygen atoms in total. The fourth-order valence-corrected chi connectivity index (χ4v) is 6.49. The number of likely N-dealkylation sites (tertiary alicyclic amines) is 1. The van der Waals surface area contributed by atoms with Crippen molar-refractivity contribution in [1.29, 1.82) is 0 Å². The van der Waals surface area contributed by atoms with Crippen molar-refractivity contribution in [2.45, 2.75) is 43.9 Å². The Hall–Kier alpha value is -3.42. The van der Waals surface area contributed by atoms with E-state index in [0.717, 1.165) is 44.3 Å². The SMILES string of the molecule is C=CC(=O)N[C@H]1CCOC[C@H]1Nc1ncc2cc(-c3c(Cl)c(OC)cc(OC)c3Cl)nc(NCCCCN3CCC(OC)C3)c2n1. The molecule has 4 heterocycles. The fraction of sp³-hybridized carbons (Fsp3) is 0.500. The van der Waals surface area contributed by atoms with E-state index in [4.69, 9.17) is 52.1 Å². The number of fused-ring (bicyclic) bond motifs is 1. The second kappa shape index (κ2) is 15.9. The minimum atomic E-state index is -0.240. The zero-order valence-corrected chi connectivity index (χ0v) is 27.9. The van der Waals surface area contributed by atoms with Crippen LogP contribution >= 0.6 is 23.2 Å². The van der Waals surface area contributed by atoms with E-state index in [-0.39, 0.29) is 18.0 Å². The van der Waals surface area contributed by atoms with E-state index < -0.39 is 0 Å². The molecular formula is C32H41Cl2N7O5. The highest BCUT2D eigenvalue weighted by atomic mass is 35.5. The first-order valence-electron chi connectivity index (χ1n) is 15.4. The summed E-state index contributed by atoms with van der Waals surface area (Å²) in [7, 11) is 4.84. The number of halogens is 2. The average Bonchev–Trinajstić information content (AvgIpc) is 3.54. The van der Waals surface area contributed by atoms with Crippen LogP contribution in [0.25, 0.3) is 22.2 Å². The number of ether oxygens (including phenoxy) is 4. The molecule has 14 heteroatoms. The molecule has 2 aliphatic heterocycles. The van der Waals surface area contributed by atoms with Crippen molar-refractivity contribution in [1.82, 2.24) is 25.2 Å². The van der Waals surface area contributed by atoms with Crippen LogP contribution in [0.4, 0.5) is 11.8 Å². The number of hydrogen-bond acceptors (Lipinski definition) is 11. The lowest BCUT2D eigenvalue weighted by Crippen LogP contribution is -2.52. The van der Waals surface area contributed by atoms with Crippen LogP contribution in [-0.2, 0) is 14.3 Å². The highest BCUT2D eigenvalue weighted by molar-refractivity contribution is 6.41. The topological polar surface area (TPSA) is 132 Å². The molecule has 0 saturated carbocycles. The van der Waals surface area contributed by atoms with Crippen LogP contribution in [0.1, 0.15) is 25.7 Å². The van der Waals surface area contributed by atoms with Crippen LogP contribution < -0.4 is 25.4 Å². The van der Waals surface area contributed by atoms with Crippen LogP contribution in [-0.4, -0.2) is 105 Å². The molecular weight excluding hydrogens is 633 g/mol. The predicted octanol–water partition coefficient (Wildman–Crippen LogP) is 4.80. The van der Waals surface area contributed by atoms with Gasteiger partial charge in [-0.05, 0) is 44.4 Å². The van der Waals surface area contributed by atoms with E-state index in [2.05, 4.69) is 32.4 Å². The Morgan fingerprint density at radius 1 is 1.11 bits per heavy atom. The van der Waals surface area contributed by atoms with Crippen molar-refractivity contribution in [2.75, 3.05) is 71.4 Å². The van der Waals surface area contributed by atoms with E-state index in [1.165, 1.54) is 20.3 Å². The fourth-order valence-electron chi connectivity index (χ4n) is 5.79. The standard InChI is InChI=1S/C32H41Cl2N7O5/c1-5-26(42)37-21-9-13-46-18-23(21)39-32-36-16-19-14-22(27-28(33)24(44-3)15-25(45-4)29(27)34)38-31(30(19)40-32)35-10-6-7-11-41-12-8-20(17-41)43-2/h5,14-16,20-21,23H,1,6-13,17-18H2,2-4H3,(H,35,38)(H,37,42)(H,36,39,40)/t20?,21-,23+/m0/s1. The van der Waals surface area contributed by atoms with Crippen molar-refractivity contribution < 1.29 is 23.7 Å². The molecule has 248 valence electrons. The largest absolute Gasteiger partial charge is 0.495 e. The molecule has 0 spiro atoms. The Morgan fingerprint density at radius 3 is 2.59 bits per heavy atom. The summed E-state index contributed by atoms with van der Waals surface area (Å²) >= 11 is 13.6. The molecule has 3 aromatic rings. The van der Waals surface area contributed by atoms with Gasteiger partial charge in [-0.2, -0.15) is 0 Å². The Kier molecular flexibility index (Phi) is 11.7. The number of carbonyl (C=O) groups is 1. The summed E-state index contributed by atoms with van der Waals surface area (Å²) in [5.41, 5.74) is 1.62. The first-order valence-corrected chi connectivity index (χ1v) is 16.1. The Labute approximate surface area is 279 Å². The number of unbranched alkanes of at least 4 members (excludes halogenated alkanes) is 1. The van der Waals surface area contributed by atoms with Crippen LogP contribution in [0.3, 0.4) is 0 Å². The summed E-state index contributed by atoms with van der Waals surface area (Å²) in [6.45, 7) is 8.21. The number of nitrogens with zero attached hydrogens (tertiary/aromatic N) is 4. The lowest BCUT2D eigenvalue weighted by molar-refractivity contribution is -0.117. The monoisotopic (exact) mass is 673 g/mol. The zero-order valence-electron chi connectivity index (χ0n) is 26.4. The number of methoxy groups -OCH3 is 3. The molecule has 46 heavy (non-hydrogen) atoms. The Balaban J connectivity index is 1.43. The van der Waals surface area contributed by atoms with Gasteiger partial charge in [0, 0.05) is 56.6 Å². The van der Waals surface area contributed by atoms with Gasteiger partial charge in [-0.1, -0.05) is 29.8 Å². The quantitative estimate of drug-likeness (QED) is 0.161. The molecule has 2 aliphatic rings. The minimum Gasteiger partial charge on any atom is -0.495 e. The summed E-state index contributed by atoms with van der Waals surface area (Å²) in [6, 6.07) is 3.08. The van der Waals surface area contributed by atoms with Gasteiger partial charge in [-0.3, -0.25) is 4.79 Å². The minimum absolute atomic E-state index is 0.168. The van der Waals surface area contributed by atoms with Crippen molar-refractivity contribution in [3.05, 3.63) is 41.0 Å². The zero-order chi connectivity index (χ0) is 32.6. The summed E-state index contributed by atoms with van der Waals surface area (Å²) in [5, 5.41) is 11.2. The normalized spacial score (nSPS) is 20.0. The summed E-state index contributed by atoms with van der Waals surface area (Å²) in [5.74, 6) is 1.53. The molecule has 2 aromatic heterocycles. The molecule has 1 aromatic carbocycles. The van der Waals surface area contributed by atoms with E-state index >= 15 is 0 Å². The van der Waals surface area contributed by atoms with Gasteiger partial charge in [0.2, 0.25) is 11.9 Å². The molecule has 3 atom stereocenters. The number of hydrogen-bond donors (Lipinski definition) is 3. The molecule has 2 fully saturated rings. The van der Waals surface area contributed by atoms with Crippen LogP contribution in [0.15, 0.2) is 31.0 Å². The molecule has 1 unspecified atom stereocenters. The van der Waals surface area contributed by atoms with Crippen molar-refractivity contribution >= 4 is 51.8 Å². The second-order valence-corrected chi connectivity index (χ2v) is 12.0. The maximum atomic E-state index is 12.0. The summed E-state index contributed by atoms with van der Waals surface area (Å²) < 4.78 is 22.2.